The van der Waals surface area contributed by atoms with Gasteiger partial charge in [0.15, 0.2) is 0 Å². The van der Waals surface area contributed by atoms with E-state index in [1.165, 1.54) is 12.1 Å². The predicted octanol–water partition coefficient (Wildman–Crippen LogP) is 3.55. The van der Waals surface area contributed by atoms with E-state index >= 15 is 0 Å². The molecule has 27 heavy (non-hydrogen) atoms. The number of hydrogen-bond acceptors (Lipinski definition) is 4. The van der Waals surface area contributed by atoms with Crippen LogP contribution in [-0.4, -0.2) is 49.5 Å². The Balaban J connectivity index is 1.94. The number of ether oxygens (including phenoxy) is 2. The van der Waals surface area contributed by atoms with Gasteiger partial charge >= 0.3 is 0 Å². The molecular weight excluding hydrogens is 352 g/mol. The van der Waals surface area contributed by atoms with Gasteiger partial charge < -0.3 is 14.6 Å². The minimum Gasteiger partial charge on any atom is -0.491 e. The van der Waals surface area contributed by atoms with Crippen LogP contribution >= 0.6 is 0 Å². The predicted molar refractivity (Wildman–Crippen MR) is 101 cm³/mol. The van der Waals surface area contributed by atoms with E-state index < -0.39 is 17.7 Å². The first-order valence-corrected chi connectivity index (χ1v) is 9.01. The molecule has 4 nitrogen and oxygen atoms in total. The van der Waals surface area contributed by atoms with Gasteiger partial charge in [-0.15, -0.1) is 0 Å². The summed E-state index contributed by atoms with van der Waals surface area (Å²) >= 11 is 0. The Morgan fingerprint density at radius 1 is 1.15 bits per heavy atom. The summed E-state index contributed by atoms with van der Waals surface area (Å²) in [6.45, 7) is 3.85. The van der Waals surface area contributed by atoms with Crippen molar-refractivity contribution in [2.45, 2.75) is 26.0 Å². The number of aliphatic hydroxyl groups is 1. The van der Waals surface area contributed by atoms with Crippen LogP contribution in [0.4, 0.5) is 8.78 Å². The van der Waals surface area contributed by atoms with Gasteiger partial charge in [0.1, 0.15) is 30.1 Å². The molecule has 0 heterocycles. The summed E-state index contributed by atoms with van der Waals surface area (Å²) < 4.78 is 37.8. The lowest BCUT2D eigenvalue weighted by atomic mass is 10.1. The van der Waals surface area contributed by atoms with Gasteiger partial charge in [-0.25, -0.2) is 8.78 Å². The van der Waals surface area contributed by atoms with Crippen LogP contribution in [0.3, 0.4) is 0 Å². The van der Waals surface area contributed by atoms with Crippen molar-refractivity contribution in [3.8, 4) is 5.75 Å². The number of halogens is 2. The minimum atomic E-state index is -0.740. The molecule has 0 spiro atoms. The monoisotopic (exact) mass is 379 g/mol. The quantitative estimate of drug-likeness (QED) is 0.607. The molecule has 0 fully saturated rings. The molecule has 2 aromatic carbocycles. The number of para-hydroxylation sites is 1. The first-order valence-electron chi connectivity index (χ1n) is 9.01. The molecule has 0 amide bonds. The molecule has 0 radical (unpaired) electrons. The maximum absolute atomic E-state index is 14.0. The van der Waals surface area contributed by atoms with Crippen LogP contribution in [0.15, 0.2) is 42.5 Å². The lowest BCUT2D eigenvalue weighted by molar-refractivity contribution is 0.0611. The van der Waals surface area contributed by atoms with Crippen molar-refractivity contribution < 1.29 is 23.4 Å². The van der Waals surface area contributed by atoms with Gasteiger partial charge in [0.05, 0.1) is 0 Å². The number of nitrogens with zero attached hydrogens (tertiary/aromatic N) is 1. The van der Waals surface area contributed by atoms with E-state index in [4.69, 9.17) is 9.47 Å². The fourth-order valence-electron chi connectivity index (χ4n) is 2.81. The van der Waals surface area contributed by atoms with E-state index in [2.05, 4.69) is 0 Å². The Labute approximate surface area is 159 Å². The molecule has 1 atom stereocenters. The summed E-state index contributed by atoms with van der Waals surface area (Å²) in [5, 5.41) is 10.4. The second kappa shape index (κ2) is 11.0. The van der Waals surface area contributed by atoms with Gasteiger partial charge in [0, 0.05) is 45.0 Å². The lowest BCUT2D eigenvalue weighted by Crippen LogP contribution is -2.36. The van der Waals surface area contributed by atoms with E-state index in [0.29, 0.717) is 25.3 Å². The Hall–Kier alpha value is -2.02. The molecule has 0 aliphatic carbocycles. The highest BCUT2D eigenvalue weighted by Gasteiger charge is 2.15. The summed E-state index contributed by atoms with van der Waals surface area (Å²) in [6, 6.07) is 11.1. The first kappa shape index (κ1) is 21.3. The zero-order chi connectivity index (χ0) is 19.6. The SMILES string of the molecule is COCCCN(Cc1ccc(F)cc1F)CC(O)COc1ccccc1C. The summed E-state index contributed by atoms with van der Waals surface area (Å²) in [5.74, 6) is -0.460. The van der Waals surface area contributed by atoms with Crippen molar-refractivity contribution in [2.75, 3.05) is 33.4 Å². The molecule has 0 bridgehead atoms. The van der Waals surface area contributed by atoms with Gasteiger partial charge in [-0.1, -0.05) is 24.3 Å². The Bertz CT molecular complexity index is 712. The number of rotatable bonds is 11. The Kier molecular flexibility index (Phi) is 8.64. The largest absolute Gasteiger partial charge is 0.491 e. The van der Waals surface area contributed by atoms with Crippen molar-refractivity contribution in [3.05, 3.63) is 65.2 Å². The molecule has 1 N–H and O–H groups in total. The molecule has 0 saturated heterocycles. The molecule has 0 aromatic heterocycles. The standard InChI is InChI=1S/C21H27F2NO3/c1-16-6-3-4-7-21(16)27-15-19(25)14-24(10-5-11-26-2)13-17-8-9-18(22)12-20(17)23/h3-4,6-9,12,19,25H,5,10-11,13-15H2,1-2H3. The smallest absolute Gasteiger partial charge is 0.130 e. The van der Waals surface area contributed by atoms with E-state index in [0.717, 1.165) is 23.8 Å². The van der Waals surface area contributed by atoms with Crippen molar-refractivity contribution >= 4 is 0 Å². The van der Waals surface area contributed by atoms with E-state index in [1.807, 2.05) is 36.1 Å². The maximum Gasteiger partial charge on any atom is 0.130 e. The highest BCUT2D eigenvalue weighted by molar-refractivity contribution is 5.31. The van der Waals surface area contributed by atoms with Gasteiger partial charge in [0.2, 0.25) is 0 Å². The molecule has 148 valence electrons. The molecule has 2 aromatic rings. The van der Waals surface area contributed by atoms with Crippen LogP contribution in [0.5, 0.6) is 5.75 Å². The van der Waals surface area contributed by atoms with Crippen LogP contribution in [0.2, 0.25) is 0 Å². The third kappa shape index (κ3) is 7.25. The van der Waals surface area contributed by atoms with Gasteiger partial charge in [-0.2, -0.15) is 0 Å². The van der Waals surface area contributed by atoms with E-state index in [1.54, 1.807) is 7.11 Å². The summed E-state index contributed by atoms with van der Waals surface area (Å²) in [5.41, 5.74) is 1.39. The molecule has 1 unspecified atom stereocenters. The van der Waals surface area contributed by atoms with Crippen LogP contribution in [0, 0.1) is 18.6 Å². The van der Waals surface area contributed by atoms with Crippen LogP contribution in [0.1, 0.15) is 17.5 Å². The molecule has 2 rings (SSSR count). The second-order valence-electron chi connectivity index (χ2n) is 6.55. The van der Waals surface area contributed by atoms with Crippen LogP contribution in [0.25, 0.3) is 0 Å². The molecule has 0 aliphatic heterocycles. The zero-order valence-corrected chi connectivity index (χ0v) is 15.8. The minimum absolute atomic E-state index is 0.136. The number of methoxy groups -OCH3 is 1. The Morgan fingerprint density at radius 2 is 1.93 bits per heavy atom. The van der Waals surface area contributed by atoms with Gasteiger partial charge in [0.25, 0.3) is 0 Å². The summed E-state index contributed by atoms with van der Waals surface area (Å²) in [7, 11) is 1.62. The molecule has 0 saturated carbocycles. The number of hydrogen-bond donors (Lipinski definition) is 1. The molecule has 6 heteroatoms. The van der Waals surface area contributed by atoms with Crippen molar-refractivity contribution in [2.24, 2.45) is 0 Å². The van der Waals surface area contributed by atoms with Crippen LogP contribution < -0.4 is 4.74 Å². The number of benzene rings is 2. The second-order valence-corrected chi connectivity index (χ2v) is 6.55. The van der Waals surface area contributed by atoms with Crippen molar-refractivity contribution in [3.63, 3.8) is 0 Å². The molecular formula is C21H27F2NO3. The van der Waals surface area contributed by atoms with E-state index in [-0.39, 0.29) is 13.2 Å². The average Bonchev–Trinajstić information content (AvgIpc) is 2.63. The van der Waals surface area contributed by atoms with E-state index in [9.17, 15) is 13.9 Å². The van der Waals surface area contributed by atoms with Crippen LogP contribution in [-0.2, 0) is 11.3 Å². The third-order valence-electron chi connectivity index (χ3n) is 4.23. The Morgan fingerprint density at radius 3 is 2.63 bits per heavy atom. The molecule has 0 aliphatic rings. The summed E-state index contributed by atoms with van der Waals surface area (Å²) in [6.07, 6.45) is 0.000629. The lowest BCUT2D eigenvalue weighted by Gasteiger charge is -2.25. The third-order valence-corrected chi connectivity index (χ3v) is 4.23. The first-order chi connectivity index (χ1) is 13.0. The zero-order valence-electron chi connectivity index (χ0n) is 15.8. The fraction of sp³-hybridized carbons (Fsp3) is 0.429. The van der Waals surface area contributed by atoms with Crippen molar-refractivity contribution in [1.82, 2.24) is 4.90 Å². The number of aliphatic hydroxyl groups excluding tert-OH is 1. The fourth-order valence-corrected chi connectivity index (χ4v) is 2.81. The highest BCUT2D eigenvalue weighted by atomic mass is 19.1. The maximum atomic E-state index is 14.0. The average molecular weight is 379 g/mol. The highest BCUT2D eigenvalue weighted by Crippen LogP contribution is 2.17. The number of aryl methyl sites for hydroxylation is 1. The topological polar surface area (TPSA) is 41.9 Å². The normalized spacial score (nSPS) is 12.4. The van der Waals surface area contributed by atoms with Gasteiger partial charge in [-0.3, -0.25) is 4.90 Å². The van der Waals surface area contributed by atoms with Gasteiger partial charge in [-0.05, 0) is 31.0 Å². The summed E-state index contributed by atoms with van der Waals surface area (Å²) in [4.78, 5) is 1.92. The van der Waals surface area contributed by atoms with Crippen molar-refractivity contribution in [1.29, 1.82) is 0 Å².